The first-order chi connectivity index (χ1) is 28.2. The molecule has 0 unspecified atom stereocenters. The molecule has 0 aromatic heterocycles. The summed E-state index contributed by atoms with van der Waals surface area (Å²) in [7, 11) is 0. The fourth-order valence-electron chi connectivity index (χ4n) is 9.18. The molecule has 0 N–H and O–H groups in total. The van der Waals surface area contributed by atoms with Crippen molar-refractivity contribution in [2.45, 2.75) is 44.9 Å². The van der Waals surface area contributed by atoms with E-state index in [0.717, 1.165) is 59.8 Å². The molecule has 0 radical (unpaired) electrons. The van der Waals surface area contributed by atoms with Crippen LogP contribution in [0.25, 0.3) is 33.4 Å². The van der Waals surface area contributed by atoms with Crippen molar-refractivity contribution in [3.8, 4) is 33.4 Å². The zero-order chi connectivity index (χ0) is 38.6. The number of nitrogens with zero attached hydrogens (tertiary/aromatic N) is 2. The summed E-state index contributed by atoms with van der Waals surface area (Å²) in [4.78, 5) is 4.65. The van der Waals surface area contributed by atoms with Gasteiger partial charge in [0.1, 0.15) is 0 Å². The standard InChI is InChI=1S/C55H48N2/c1-3-37-55(38-4-2)53-39-43(41-25-31-49(32-26-41)56(45-17-9-5-10-18-45)46-19-11-6-12-20-46)29-35-51(53)52-36-30-44(40-54(52)55)42-27-33-50(34-28-42)57(47-21-13-7-14-22-47)48-23-15-8-16-24-48/h5-36,39-40H,3-4,37-38H2,1-2H3. The third-order valence-corrected chi connectivity index (χ3v) is 11.7. The second-order valence-corrected chi connectivity index (χ2v) is 15.2. The molecule has 0 atom stereocenters. The number of hydrogen-bond acceptors (Lipinski definition) is 2. The van der Waals surface area contributed by atoms with Gasteiger partial charge >= 0.3 is 0 Å². The van der Waals surface area contributed by atoms with Crippen LogP contribution in [0.5, 0.6) is 0 Å². The maximum Gasteiger partial charge on any atom is 0.0462 e. The number of anilines is 6. The first-order valence-electron chi connectivity index (χ1n) is 20.5. The molecule has 2 nitrogen and oxygen atoms in total. The third kappa shape index (κ3) is 6.83. The van der Waals surface area contributed by atoms with Crippen LogP contribution in [0, 0.1) is 0 Å². The van der Waals surface area contributed by atoms with Crippen molar-refractivity contribution in [2.75, 3.05) is 9.80 Å². The van der Waals surface area contributed by atoms with Crippen LogP contribution in [0.4, 0.5) is 34.1 Å². The Balaban J connectivity index is 1.06. The van der Waals surface area contributed by atoms with Crippen LogP contribution in [-0.2, 0) is 5.41 Å². The Kier molecular flexibility index (Phi) is 10.0. The predicted molar refractivity (Wildman–Crippen MR) is 243 cm³/mol. The number of hydrogen-bond donors (Lipinski definition) is 0. The highest BCUT2D eigenvalue weighted by atomic mass is 15.1. The molecule has 9 rings (SSSR count). The summed E-state index contributed by atoms with van der Waals surface area (Å²) in [5.74, 6) is 0. The topological polar surface area (TPSA) is 6.48 Å². The Morgan fingerprint density at radius 1 is 0.316 bits per heavy atom. The molecule has 0 heterocycles. The summed E-state index contributed by atoms with van der Waals surface area (Å²) in [6.45, 7) is 4.69. The van der Waals surface area contributed by atoms with Crippen molar-refractivity contribution < 1.29 is 0 Å². The molecule has 0 fully saturated rings. The number of benzene rings is 8. The molecule has 2 heteroatoms. The molecule has 0 saturated heterocycles. The van der Waals surface area contributed by atoms with Crippen LogP contribution >= 0.6 is 0 Å². The Morgan fingerprint density at radius 3 is 0.895 bits per heavy atom. The van der Waals surface area contributed by atoms with Gasteiger partial charge in [0, 0.05) is 39.5 Å². The molecular weight excluding hydrogens is 689 g/mol. The predicted octanol–water partition coefficient (Wildman–Crippen LogP) is 15.8. The highest BCUT2D eigenvalue weighted by molar-refractivity contribution is 5.87. The summed E-state index contributed by atoms with van der Waals surface area (Å²) in [5, 5.41) is 0. The second kappa shape index (κ2) is 15.8. The molecule has 1 aliphatic carbocycles. The first kappa shape index (κ1) is 36.0. The van der Waals surface area contributed by atoms with Crippen LogP contribution in [0.1, 0.15) is 50.7 Å². The maximum absolute atomic E-state index is 2.51. The van der Waals surface area contributed by atoms with E-state index in [1.165, 1.54) is 44.5 Å². The van der Waals surface area contributed by atoms with Crippen LogP contribution < -0.4 is 9.80 Å². The van der Waals surface area contributed by atoms with Gasteiger partial charge in [-0.15, -0.1) is 0 Å². The average molecular weight is 737 g/mol. The highest BCUT2D eigenvalue weighted by Crippen LogP contribution is 2.55. The number of para-hydroxylation sites is 4. The molecule has 0 spiro atoms. The molecule has 8 aromatic rings. The first-order valence-corrected chi connectivity index (χ1v) is 20.5. The summed E-state index contributed by atoms with van der Waals surface area (Å²) in [5.41, 5.74) is 17.6. The van der Waals surface area contributed by atoms with E-state index in [-0.39, 0.29) is 5.41 Å². The number of fused-ring (bicyclic) bond motifs is 3. The van der Waals surface area contributed by atoms with Crippen molar-refractivity contribution in [2.24, 2.45) is 0 Å². The zero-order valence-electron chi connectivity index (χ0n) is 32.9. The Morgan fingerprint density at radius 2 is 0.596 bits per heavy atom. The maximum atomic E-state index is 2.51. The van der Waals surface area contributed by atoms with Crippen LogP contribution in [-0.4, -0.2) is 0 Å². The van der Waals surface area contributed by atoms with Gasteiger partial charge in [0.15, 0.2) is 0 Å². The zero-order valence-corrected chi connectivity index (χ0v) is 32.9. The lowest BCUT2D eigenvalue weighted by Crippen LogP contribution is -2.25. The van der Waals surface area contributed by atoms with Crippen molar-refractivity contribution in [3.05, 3.63) is 217 Å². The normalized spacial score (nSPS) is 12.5. The van der Waals surface area contributed by atoms with Gasteiger partial charge < -0.3 is 9.80 Å². The van der Waals surface area contributed by atoms with E-state index in [9.17, 15) is 0 Å². The van der Waals surface area contributed by atoms with E-state index in [1.54, 1.807) is 0 Å². The van der Waals surface area contributed by atoms with E-state index in [1.807, 2.05) is 0 Å². The highest BCUT2D eigenvalue weighted by Gasteiger charge is 2.42. The molecule has 8 aromatic carbocycles. The Labute approximate surface area is 338 Å². The summed E-state index contributed by atoms with van der Waals surface area (Å²) in [6, 6.07) is 75.2. The molecule has 0 saturated carbocycles. The summed E-state index contributed by atoms with van der Waals surface area (Å²) in [6.07, 6.45) is 4.50. The molecular formula is C55H48N2. The lowest BCUT2D eigenvalue weighted by atomic mass is 9.71. The van der Waals surface area contributed by atoms with Gasteiger partial charge in [-0.3, -0.25) is 0 Å². The van der Waals surface area contributed by atoms with Crippen LogP contribution in [0.2, 0.25) is 0 Å². The SMILES string of the molecule is CCCC1(CCC)c2cc(-c3ccc(N(c4ccccc4)c4ccccc4)cc3)ccc2-c2ccc(-c3ccc(N(c4ccccc4)c4ccccc4)cc3)cc21. The van der Waals surface area contributed by atoms with Gasteiger partial charge in [0.05, 0.1) is 0 Å². The molecule has 0 aliphatic heterocycles. The smallest absolute Gasteiger partial charge is 0.0462 e. The number of rotatable bonds is 12. The average Bonchev–Trinajstić information content (AvgIpc) is 3.54. The van der Waals surface area contributed by atoms with Gasteiger partial charge in [-0.2, -0.15) is 0 Å². The minimum Gasteiger partial charge on any atom is -0.311 e. The van der Waals surface area contributed by atoms with E-state index < -0.39 is 0 Å². The summed E-state index contributed by atoms with van der Waals surface area (Å²) >= 11 is 0. The largest absolute Gasteiger partial charge is 0.311 e. The van der Waals surface area contributed by atoms with Crippen LogP contribution in [0.3, 0.4) is 0 Å². The second-order valence-electron chi connectivity index (χ2n) is 15.2. The van der Waals surface area contributed by atoms with Gasteiger partial charge in [-0.1, -0.05) is 148 Å². The fraction of sp³-hybridized carbons (Fsp3) is 0.127. The minimum atomic E-state index is -0.0328. The molecule has 57 heavy (non-hydrogen) atoms. The third-order valence-electron chi connectivity index (χ3n) is 11.7. The summed E-state index contributed by atoms with van der Waals surface area (Å²) < 4.78 is 0. The lowest BCUT2D eigenvalue weighted by molar-refractivity contribution is 0.436. The molecule has 1 aliphatic rings. The van der Waals surface area contributed by atoms with Gasteiger partial charge in [0.2, 0.25) is 0 Å². The van der Waals surface area contributed by atoms with E-state index in [2.05, 4.69) is 230 Å². The van der Waals surface area contributed by atoms with Crippen molar-refractivity contribution in [1.82, 2.24) is 0 Å². The van der Waals surface area contributed by atoms with Gasteiger partial charge in [0.25, 0.3) is 0 Å². The minimum absolute atomic E-state index is 0.0328. The quantitative estimate of drug-likeness (QED) is 0.123. The van der Waals surface area contributed by atoms with E-state index in [0.29, 0.717) is 0 Å². The van der Waals surface area contributed by atoms with Crippen molar-refractivity contribution in [3.63, 3.8) is 0 Å². The molecule has 278 valence electrons. The molecule has 0 bridgehead atoms. The monoisotopic (exact) mass is 736 g/mol. The van der Waals surface area contributed by atoms with Crippen molar-refractivity contribution in [1.29, 1.82) is 0 Å². The molecule has 0 amide bonds. The lowest BCUT2D eigenvalue weighted by Gasteiger charge is -2.32. The van der Waals surface area contributed by atoms with Crippen LogP contribution in [0.15, 0.2) is 206 Å². The Bertz CT molecular complexity index is 2300. The van der Waals surface area contributed by atoms with Gasteiger partial charge in [-0.25, -0.2) is 0 Å². The van der Waals surface area contributed by atoms with Crippen molar-refractivity contribution >= 4 is 34.1 Å². The fourth-order valence-corrected chi connectivity index (χ4v) is 9.18. The van der Waals surface area contributed by atoms with E-state index in [4.69, 9.17) is 0 Å². The Hall–Kier alpha value is -6.64. The van der Waals surface area contributed by atoms with Gasteiger partial charge in [-0.05, 0) is 142 Å². The van der Waals surface area contributed by atoms with E-state index >= 15 is 0 Å².